The van der Waals surface area contributed by atoms with Gasteiger partial charge < -0.3 is 19.8 Å². The molecule has 9 nitrogen and oxygen atoms in total. The molecule has 0 aliphatic carbocycles. The van der Waals surface area contributed by atoms with Gasteiger partial charge in [0.2, 0.25) is 0 Å². The lowest BCUT2D eigenvalue weighted by Crippen LogP contribution is -2.43. The van der Waals surface area contributed by atoms with E-state index in [1.54, 1.807) is 11.1 Å². The van der Waals surface area contributed by atoms with E-state index in [0.29, 0.717) is 52.5 Å². The highest BCUT2D eigenvalue weighted by Crippen LogP contribution is 2.32. The number of aromatic nitrogens is 3. The molecule has 0 amide bonds. The summed E-state index contributed by atoms with van der Waals surface area (Å²) in [5.41, 5.74) is 3.04. The minimum Gasteiger partial charge on any atom is -0.490 e. The van der Waals surface area contributed by atoms with Crippen molar-refractivity contribution in [3.05, 3.63) is 56.6 Å². The third-order valence-corrected chi connectivity index (χ3v) is 9.36. The van der Waals surface area contributed by atoms with Crippen molar-refractivity contribution < 1.29 is 9.47 Å². The van der Waals surface area contributed by atoms with Gasteiger partial charge in [-0.2, -0.15) is 0 Å². The summed E-state index contributed by atoms with van der Waals surface area (Å²) in [4.78, 5) is 37.3. The van der Waals surface area contributed by atoms with Crippen molar-refractivity contribution in [3.8, 4) is 17.0 Å². The summed E-state index contributed by atoms with van der Waals surface area (Å²) < 4.78 is 14.5. The zero-order chi connectivity index (χ0) is 28.5. The number of nitrogens with zero attached hydrogens (tertiary/aromatic N) is 3. The molecule has 2 aromatic heterocycles. The second-order valence-electron chi connectivity index (χ2n) is 11.6. The number of rotatable bonds is 6. The lowest BCUT2D eigenvalue weighted by molar-refractivity contribution is 0.0873. The van der Waals surface area contributed by atoms with Crippen molar-refractivity contribution in [1.82, 2.24) is 24.1 Å². The summed E-state index contributed by atoms with van der Waals surface area (Å²) in [6, 6.07) is 9.83. The van der Waals surface area contributed by atoms with Gasteiger partial charge in [-0.15, -0.1) is 0 Å². The third-order valence-electron chi connectivity index (χ3n) is 8.20. The zero-order valence-corrected chi connectivity index (χ0v) is 24.9. The van der Waals surface area contributed by atoms with Crippen molar-refractivity contribution in [2.24, 2.45) is 5.92 Å². The number of likely N-dealkylation sites (tertiary alicyclic amines) is 1. The van der Waals surface area contributed by atoms with Gasteiger partial charge in [-0.1, -0.05) is 37.0 Å². The molecule has 4 heterocycles. The van der Waals surface area contributed by atoms with E-state index in [4.69, 9.17) is 14.5 Å². The Morgan fingerprint density at radius 2 is 2.10 bits per heavy atom. The molecule has 10 heteroatoms. The Hall–Kier alpha value is -3.05. The van der Waals surface area contributed by atoms with Crippen LogP contribution in [0.15, 0.2) is 39.9 Å². The van der Waals surface area contributed by atoms with Crippen molar-refractivity contribution in [2.45, 2.75) is 64.7 Å². The zero-order valence-electron chi connectivity index (χ0n) is 24.1. The van der Waals surface area contributed by atoms with Crippen LogP contribution in [0.3, 0.4) is 0 Å². The molecule has 4 bridgehead atoms. The molecule has 0 saturated carbocycles. The summed E-state index contributed by atoms with van der Waals surface area (Å²) in [5.74, 6) is 1.20. The van der Waals surface area contributed by atoms with Crippen LogP contribution >= 0.6 is 11.5 Å². The van der Waals surface area contributed by atoms with Crippen LogP contribution in [0, 0.1) is 5.92 Å². The summed E-state index contributed by atoms with van der Waals surface area (Å²) in [6.07, 6.45) is 4.28. The molecule has 3 unspecified atom stereocenters. The van der Waals surface area contributed by atoms with Gasteiger partial charge in [-0.05, 0) is 62.4 Å². The van der Waals surface area contributed by atoms with Crippen molar-refractivity contribution >= 4 is 32.7 Å². The van der Waals surface area contributed by atoms with Crippen molar-refractivity contribution in [3.63, 3.8) is 0 Å². The van der Waals surface area contributed by atoms with E-state index in [2.05, 4.69) is 35.1 Å². The van der Waals surface area contributed by atoms with Crippen LogP contribution in [0.25, 0.3) is 32.4 Å². The second kappa shape index (κ2) is 12.1. The van der Waals surface area contributed by atoms with E-state index in [-0.39, 0.29) is 23.2 Å². The standard InChI is InChI=1S/C31H39N5O4S/c1-4-7-22-18-40-26-13-21(16-35-11-6-8-20(15-35)17-39-3)12-25-28(26)34-27(30(37)33-25)23-9-5-10-24-29(23)41-36(31(24)38)14-19(2)32-22/h5,9-10,12-13,19-20,22,32H,4,6-8,11,14-18H2,1-3H3,(H,33,37). The Morgan fingerprint density at radius 3 is 2.93 bits per heavy atom. The number of methoxy groups -OCH3 is 1. The Bertz CT molecular complexity index is 1660. The van der Waals surface area contributed by atoms with Gasteiger partial charge in [0.25, 0.3) is 11.1 Å². The lowest BCUT2D eigenvalue weighted by Gasteiger charge is -2.32. The van der Waals surface area contributed by atoms with Gasteiger partial charge in [0.15, 0.2) is 0 Å². The fourth-order valence-corrected chi connectivity index (χ4v) is 7.60. The minimum atomic E-state index is -0.274. The number of hydrogen-bond acceptors (Lipinski definition) is 8. The molecule has 2 aromatic carbocycles. The molecule has 4 aromatic rings. The molecule has 1 fully saturated rings. The van der Waals surface area contributed by atoms with Gasteiger partial charge in [0, 0.05) is 37.8 Å². The van der Waals surface area contributed by atoms with Crippen LogP contribution in [0.5, 0.6) is 5.75 Å². The van der Waals surface area contributed by atoms with Crippen molar-refractivity contribution in [1.29, 1.82) is 0 Å². The number of H-pyrrole nitrogens is 1. The fourth-order valence-electron chi connectivity index (χ4n) is 6.38. The first-order chi connectivity index (χ1) is 19.9. The normalized spacial score (nSPS) is 21.9. The van der Waals surface area contributed by atoms with Crippen LogP contribution in [0.2, 0.25) is 0 Å². The van der Waals surface area contributed by atoms with Crippen LogP contribution < -0.4 is 21.2 Å². The summed E-state index contributed by atoms with van der Waals surface area (Å²) >= 11 is 1.40. The minimum absolute atomic E-state index is 0.0355. The van der Waals surface area contributed by atoms with E-state index in [0.717, 1.165) is 55.8 Å². The first-order valence-corrected chi connectivity index (χ1v) is 15.5. The Kier molecular flexibility index (Phi) is 8.26. The SMILES string of the molecule is CCCC1COc2cc(CN3CCCC(COC)C3)cc3[nH]c(=O)c(nc23)-c2cccc3c(=O)n(sc23)CC(C)N1. The van der Waals surface area contributed by atoms with E-state index >= 15 is 0 Å². The first-order valence-electron chi connectivity index (χ1n) is 14.7. The van der Waals surface area contributed by atoms with Crippen LogP contribution in [-0.2, 0) is 17.8 Å². The molecule has 2 N–H and O–H groups in total. The number of hydrogen-bond donors (Lipinski definition) is 2. The molecule has 2 aliphatic heterocycles. The lowest BCUT2D eigenvalue weighted by atomic mass is 9.98. The molecule has 3 atom stereocenters. The molecule has 2 aliphatic rings. The maximum atomic E-state index is 13.5. The van der Waals surface area contributed by atoms with Crippen molar-refractivity contribution in [2.75, 3.05) is 33.4 Å². The quantitative estimate of drug-likeness (QED) is 0.351. The van der Waals surface area contributed by atoms with Crippen LogP contribution in [0.1, 0.15) is 45.1 Å². The molecular weight excluding hydrogens is 538 g/mol. The smallest absolute Gasteiger partial charge is 0.275 e. The average molecular weight is 578 g/mol. The van der Waals surface area contributed by atoms with Gasteiger partial charge in [0.05, 0.1) is 28.8 Å². The average Bonchev–Trinajstić information content (AvgIpc) is 3.26. The van der Waals surface area contributed by atoms with Gasteiger partial charge in [0.1, 0.15) is 23.6 Å². The first kappa shape index (κ1) is 28.1. The Labute approximate surface area is 243 Å². The Balaban J connectivity index is 1.47. The molecule has 0 spiro atoms. The summed E-state index contributed by atoms with van der Waals surface area (Å²) in [5, 5.41) is 4.31. The largest absolute Gasteiger partial charge is 0.490 e. The number of aromatic amines is 1. The predicted molar refractivity (Wildman–Crippen MR) is 164 cm³/mol. The molecule has 41 heavy (non-hydrogen) atoms. The van der Waals surface area contributed by atoms with Crippen LogP contribution in [0.4, 0.5) is 0 Å². The van der Waals surface area contributed by atoms with E-state index in [1.165, 1.54) is 18.0 Å². The predicted octanol–water partition coefficient (Wildman–Crippen LogP) is 4.36. The highest BCUT2D eigenvalue weighted by Gasteiger charge is 2.23. The van der Waals surface area contributed by atoms with E-state index in [9.17, 15) is 9.59 Å². The van der Waals surface area contributed by atoms with Gasteiger partial charge in [-0.25, -0.2) is 4.98 Å². The highest BCUT2D eigenvalue weighted by atomic mass is 32.1. The highest BCUT2D eigenvalue weighted by molar-refractivity contribution is 7.14. The summed E-state index contributed by atoms with van der Waals surface area (Å²) in [7, 11) is 1.77. The number of fused-ring (bicyclic) bond motifs is 3. The number of benzene rings is 2. The van der Waals surface area contributed by atoms with E-state index in [1.807, 2.05) is 24.3 Å². The number of nitrogens with one attached hydrogen (secondary N) is 2. The molecular formula is C31H39N5O4S. The number of piperidine rings is 1. The molecule has 218 valence electrons. The summed E-state index contributed by atoms with van der Waals surface area (Å²) in [6.45, 7) is 8.85. The molecule has 0 radical (unpaired) electrons. The molecule has 6 rings (SSSR count). The monoisotopic (exact) mass is 577 g/mol. The van der Waals surface area contributed by atoms with Gasteiger partial charge >= 0.3 is 0 Å². The number of ether oxygens (including phenoxy) is 2. The Morgan fingerprint density at radius 1 is 1.22 bits per heavy atom. The molecule has 1 saturated heterocycles. The topological polar surface area (TPSA) is 101 Å². The maximum absolute atomic E-state index is 13.5. The fraction of sp³-hybridized carbons (Fsp3) is 0.516. The maximum Gasteiger partial charge on any atom is 0.275 e. The van der Waals surface area contributed by atoms with Crippen LogP contribution in [-0.4, -0.2) is 64.3 Å². The third kappa shape index (κ3) is 5.83. The van der Waals surface area contributed by atoms with Gasteiger partial charge in [-0.3, -0.25) is 18.4 Å². The second-order valence-corrected chi connectivity index (χ2v) is 12.6. The van der Waals surface area contributed by atoms with E-state index < -0.39 is 0 Å².